The van der Waals surface area contributed by atoms with Crippen LogP contribution in [0.1, 0.15) is 27.2 Å². The Morgan fingerprint density at radius 2 is 2.07 bits per heavy atom. The van der Waals surface area contributed by atoms with Crippen LogP contribution < -0.4 is 0 Å². The Bertz CT molecular complexity index is 343. The number of rotatable bonds is 1. The van der Waals surface area contributed by atoms with E-state index in [-0.39, 0.29) is 0 Å². The molecule has 0 aromatic rings. The molecule has 1 fully saturated rings. The van der Waals surface area contributed by atoms with Crippen molar-refractivity contribution in [2.75, 3.05) is 0 Å². The number of nitrogens with zero attached hydrogens (tertiary/aromatic N) is 2. The number of hydrogen-bond donors (Lipinski definition) is 0. The molecule has 0 heterocycles. The van der Waals surface area contributed by atoms with E-state index >= 15 is 0 Å². The predicted octanol–water partition coefficient (Wildman–Crippen LogP) is 1.38. The molecule has 4 heteroatoms. The maximum Gasteiger partial charge on any atom is 0.328 e. The van der Waals surface area contributed by atoms with Crippen LogP contribution in [-0.4, -0.2) is 11.6 Å². The minimum atomic E-state index is -1.19. The van der Waals surface area contributed by atoms with E-state index in [1.54, 1.807) is 20.8 Å². The van der Waals surface area contributed by atoms with E-state index in [0.717, 1.165) is 0 Å². The first-order chi connectivity index (χ1) is 6.35. The van der Waals surface area contributed by atoms with Crippen molar-refractivity contribution < 1.29 is 9.53 Å². The highest BCUT2D eigenvalue weighted by molar-refractivity contribution is 5.85. The van der Waals surface area contributed by atoms with Crippen molar-refractivity contribution in [2.24, 2.45) is 11.3 Å². The lowest BCUT2D eigenvalue weighted by Crippen LogP contribution is -2.30. The minimum Gasteiger partial charge on any atom is -0.459 e. The van der Waals surface area contributed by atoms with E-state index in [4.69, 9.17) is 15.3 Å². The molecular formula is C10H12N2O2. The van der Waals surface area contributed by atoms with Gasteiger partial charge in [0.2, 0.25) is 0 Å². The van der Waals surface area contributed by atoms with E-state index in [1.165, 1.54) is 0 Å². The minimum absolute atomic E-state index is 0.301. The number of nitriles is 2. The zero-order valence-electron chi connectivity index (χ0n) is 8.50. The molecule has 0 aliphatic heterocycles. The van der Waals surface area contributed by atoms with Gasteiger partial charge in [0.15, 0.2) is 5.41 Å². The van der Waals surface area contributed by atoms with E-state index < -0.39 is 22.9 Å². The Morgan fingerprint density at radius 1 is 1.50 bits per heavy atom. The Morgan fingerprint density at radius 3 is 2.36 bits per heavy atom. The standard InChI is InChI=1S/C10H12N2O2/c1-9(2,3)14-8(13)10(6-12)4-7(10)5-11/h7H,4H2,1-3H3. The second-order valence-electron chi connectivity index (χ2n) is 4.47. The van der Waals surface area contributed by atoms with Crippen LogP contribution in [0.4, 0.5) is 0 Å². The van der Waals surface area contributed by atoms with E-state index in [9.17, 15) is 4.79 Å². The second kappa shape index (κ2) is 2.99. The van der Waals surface area contributed by atoms with Crippen molar-refractivity contribution >= 4 is 5.97 Å². The third-order valence-corrected chi connectivity index (χ3v) is 2.08. The summed E-state index contributed by atoms with van der Waals surface area (Å²) in [7, 11) is 0. The normalized spacial score (nSPS) is 29.9. The van der Waals surface area contributed by atoms with Crippen molar-refractivity contribution in [3.05, 3.63) is 0 Å². The summed E-state index contributed by atoms with van der Waals surface area (Å²) >= 11 is 0. The van der Waals surface area contributed by atoms with Crippen molar-refractivity contribution in [1.29, 1.82) is 10.5 Å². The van der Waals surface area contributed by atoms with Crippen LogP contribution >= 0.6 is 0 Å². The Kier molecular flexibility index (Phi) is 2.25. The second-order valence-corrected chi connectivity index (χ2v) is 4.47. The Labute approximate surface area is 83.1 Å². The first-order valence-corrected chi connectivity index (χ1v) is 4.40. The molecule has 0 aromatic carbocycles. The molecule has 74 valence electrons. The van der Waals surface area contributed by atoms with Gasteiger partial charge in [-0.1, -0.05) is 0 Å². The molecule has 2 unspecified atom stereocenters. The van der Waals surface area contributed by atoms with Gasteiger partial charge in [-0.2, -0.15) is 10.5 Å². The lowest BCUT2D eigenvalue weighted by Gasteiger charge is -2.21. The predicted molar refractivity (Wildman–Crippen MR) is 47.6 cm³/mol. The van der Waals surface area contributed by atoms with Gasteiger partial charge in [0, 0.05) is 0 Å². The smallest absolute Gasteiger partial charge is 0.328 e. The third-order valence-electron chi connectivity index (χ3n) is 2.08. The number of esters is 1. The summed E-state index contributed by atoms with van der Waals surface area (Å²) in [5.74, 6) is -1.07. The number of carbonyl (C=O) groups excluding carboxylic acids is 1. The van der Waals surface area contributed by atoms with Gasteiger partial charge in [0.1, 0.15) is 5.60 Å². The fraction of sp³-hybridized carbons (Fsp3) is 0.700. The fourth-order valence-electron chi connectivity index (χ4n) is 1.18. The van der Waals surface area contributed by atoms with Crippen molar-refractivity contribution in [3.63, 3.8) is 0 Å². The zero-order valence-corrected chi connectivity index (χ0v) is 8.50. The first kappa shape index (κ1) is 10.5. The first-order valence-electron chi connectivity index (χ1n) is 4.40. The molecule has 1 aliphatic rings. The Hall–Kier alpha value is -1.55. The van der Waals surface area contributed by atoms with E-state index in [1.807, 2.05) is 12.1 Å². The molecule has 14 heavy (non-hydrogen) atoms. The van der Waals surface area contributed by atoms with Crippen LogP contribution in [-0.2, 0) is 9.53 Å². The lowest BCUT2D eigenvalue weighted by molar-refractivity contribution is -0.159. The molecule has 4 nitrogen and oxygen atoms in total. The van der Waals surface area contributed by atoms with Crippen LogP contribution in [0.25, 0.3) is 0 Å². The van der Waals surface area contributed by atoms with Gasteiger partial charge in [-0.25, -0.2) is 0 Å². The Balaban J connectivity index is 2.73. The molecular weight excluding hydrogens is 180 g/mol. The monoisotopic (exact) mass is 192 g/mol. The van der Waals surface area contributed by atoms with Gasteiger partial charge in [-0.05, 0) is 27.2 Å². The van der Waals surface area contributed by atoms with E-state index in [2.05, 4.69) is 0 Å². The quantitative estimate of drug-likeness (QED) is 0.588. The summed E-state index contributed by atoms with van der Waals surface area (Å²) in [5.41, 5.74) is -1.80. The summed E-state index contributed by atoms with van der Waals surface area (Å²) in [6, 6.07) is 3.80. The van der Waals surface area contributed by atoms with E-state index in [0.29, 0.717) is 6.42 Å². The highest BCUT2D eigenvalue weighted by Crippen LogP contribution is 2.52. The van der Waals surface area contributed by atoms with Crippen molar-refractivity contribution in [3.8, 4) is 12.1 Å². The number of ether oxygens (including phenoxy) is 1. The zero-order chi connectivity index (χ0) is 11.0. The molecule has 1 aliphatic carbocycles. The molecule has 0 aromatic heterocycles. The van der Waals surface area contributed by atoms with Crippen LogP contribution in [0.15, 0.2) is 0 Å². The number of hydrogen-bond acceptors (Lipinski definition) is 4. The molecule has 1 saturated carbocycles. The largest absolute Gasteiger partial charge is 0.459 e. The fourth-order valence-corrected chi connectivity index (χ4v) is 1.18. The summed E-state index contributed by atoms with van der Waals surface area (Å²) in [6.45, 7) is 5.21. The van der Waals surface area contributed by atoms with Crippen LogP contribution in [0, 0.1) is 34.0 Å². The molecule has 1 rings (SSSR count). The third kappa shape index (κ3) is 1.70. The van der Waals surface area contributed by atoms with Crippen molar-refractivity contribution in [2.45, 2.75) is 32.8 Å². The maximum absolute atomic E-state index is 11.5. The van der Waals surface area contributed by atoms with Gasteiger partial charge >= 0.3 is 5.97 Å². The summed E-state index contributed by atoms with van der Waals surface area (Å²) < 4.78 is 5.08. The van der Waals surface area contributed by atoms with Gasteiger partial charge < -0.3 is 4.74 Å². The van der Waals surface area contributed by atoms with Crippen molar-refractivity contribution in [1.82, 2.24) is 0 Å². The topological polar surface area (TPSA) is 73.9 Å². The van der Waals surface area contributed by atoms with Gasteiger partial charge in [0.05, 0.1) is 18.1 Å². The highest BCUT2D eigenvalue weighted by atomic mass is 16.6. The average molecular weight is 192 g/mol. The molecule has 2 atom stereocenters. The van der Waals surface area contributed by atoms with Gasteiger partial charge in [0.25, 0.3) is 0 Å². The highest BCUT2D eigenvalue weighted by Gasteiger charge is 2.63. The van der Waals surface area contributed by atoms with Crippen LogP contribution in [0.5, 0.6) is 0 Å². The molecule has 0 N–H and O–H groups in total. The van der Waals surface area contributed by atoms with Crippen LogP contribution in [0.3, 0.4) is 0 Å². The van der Waals surface area contributed by atoms with Gasteiger partial charge in [-0.3, -0.25) is 4.79 Å². The molecule has 0 spiro atoms. The average Bonchev–Trinajstić information content (AvgIpc) is 2.76. The lowest BCUT2D eigenvalue weighted by atomic mass is 10.1. The molecule has 0 amide bonds. The maximum atomic E-state index is 11.5. The summed E-state index contributed by atoms with van der Waals surface area (Å²) in [5, 5.41) is 17.4. The number of carbonyl (C=O) groups is 1. The molecule has 0 radical (unpaired) electrons. The SMILES string of the molecule is CC(C)(C)OC(=O)C1(C#N)CC1C#N. The molecule has 0 saturated heterocycles. The molecule has 0 bridgehead atoms. The van der Waals surface area contributed by atoms with Crippen LogP contribution in [0.2, 0.25) is 0 Å². The van der Waals surface area contributed by atoms with Gasteiger partial charge in [-0.15, -0.1) is 0 Å². The summed E-state index contributed by atoms with van der Waals surface area (Å²) in [4.78, 5) is 11.5. The summed E-state index contributed by atoms with van der Waals surface area (Å²) in [6.07, 6.45) is 0.301.